The minimum absolute atomic E-state index is 0.173. The number of methoxy groups -OCH3 is 1. The minimum atomic E-state index is -0.365. The zero-order valence-electron chi connectivity index (χ0n) is 14.6. The van der Waals surface area contributed by atoms with Crippen molar-refractivity contribution < 1.29 is 14.3 Å². The number of amides is 2. The topological polar surface area (TPSA) is 71.5 Å². The molecule has 2 aromatic rings. The number of pyridine rings is 1. The first-order valence-electron chi connectivity index (χ1n) is 8.17. The standard InChI is InChI=1S/C19H21N3O3/c1-12-5-4-6-13(2)17(12)21-18(23)16-10-20-9-14-11-22(19(24)25-3)8-7-15(14)16/h4-6,9-10H,7-8,11H2,1-3H3,(H,21,23). The van der Waals surface area contributed by atoms with Crippen molar-refractivity contribution >= 4 is 17.7 Å². The van der Waals surface area contributed by atoms with Gasteiger partial charge in [-0.3, -0.25) is 9.78 Å². The molecular weight excluding hydrogens is 318 g/mol. The van der Waals surface area contributed by atoms with Crippen molar-refractivity contribution in [1.29, 1.82) is 0 Å². The number of hydrogen-bond donors (Lipinski definition) is 1. The molecule has 0 unspecified atom stereocenters. The number of nitrogens with one attached hydrogen (secondary N) is 1. The van der Waals surface area contributed by atoms with Gasteiger partial charge >= 0.3 is 6.09 Å². The van der Waals surface area contributed by atoms with Crippen molar-refractivity contribution in [3.63, 3.8) is 0 Å². The van der Waals surface area contributed by atoms with Gasteiger partial charge < -0.3 is 15.0 Å². The summed E-state index contributed by atoms with van der Waals surface area (Å²) in [6.07, 6.45) is 3.54. The summed E-state index contributed by atoms with van der Waals surface area (Å²) >= 11 is 0. The number of nitrogens with zero attached hydrogens (tertiary/aromatic N) is 2. The van der Waals surface area contributed by atoms with Gasteiger partial charge in [0.05, 0.1) is 19.2 Å². The van der Waals surface area contributed by atoms with Gasteiger partial charge in [-0.05, 0) is 42.5 Å². The summed E-state index contributed by atoms with van der Waals surface area (Å²) in [5.41, 5.74) is 5.25. The maximum Gasteiger partial charge on any atom is 0.409 e. The van der Waals surface area contributed by atoms with Crippen LogP contribution in [0.3, 0.4) is 0 Å². The van der Waals surface area contributed by atoms with Gasteiger partial charge in [0.2, 0.25) is 0 Å². The van der Waals surface area contributed by atoms with Gasteiger partial charge in [-0.1, -0.05) is 18.2 Å². The quantitative estimate of drug-likeness (QED) is 0.913. The number of anilines is 1. The molecule has 1 aromatic carbocycles. The number of hydrogen-bond acceptors (Lipinski definition) is 4. The number of benzene rings is 1. The average molecular weight is 339 g/mol. The highest BCUT2D eigenvalue weighted by molar-refractivity contribution is 6.06. The van der Waals surface area contributed by atoms with E-state index in [0.29, 0.717) is 25.1 Å². The summed E-state index contributed by atoms with van der Waals surface area (Å²) in [4.78, 5) is 30.3. The van der Waals surface area contributed by atoms with Crippen molar-refractivity contribution in [2.45, 2.75) is 26.8 Å². The Labute approximate surface area is 146 Å². The highest BCUT2D eigenvalue weighted by Crippen LogP contribution is 2.25. The summed E-state index contributed by atoms with van der Waals surface area (Å²) in [5.74, 6) is -0.173. The Morgan fingerprint density at radius 3 is 2.60 bits per heavy atom. The molecule has 0 fully saturated rings. The fourth-order valence-corrected chi connectivity index (χ4v) is 3.17. The maximum absolute atomic E-state index is 12.8. The highest BCUT2D eigenvalue weighted by atomic mass is 16.5. The second kappa shape index (κ2) is 6.93. The number of aryl methyl sites for hydroxylation is 2. The molecule has 6 heteroatoms. The van der Waals surface area contributed by atoms with E-state index in [-0.39, 0.29) is 12.0 Å². The van der Waals surface area contributed by atoms with Gasteiger partial charge in [-0.25, -0.2) is 4.79 Å². The van der Waals surface area contributed by atoms with E-state index in [1.165, 1.54) is 7.11 Å². The van der Waals surface area contributed by atoms with Crippen molar-refractivity contribution in [3.05, 3.63) is 58.4 Å². The monoisotopic (exact) mass is 339 g/mol. The van der Waals surface area contributed by atoms with Crippen LogP contribution in [0.25, 0.3) is 0 Å². The van der Waals surface area contributed by atoms with Crippen LogP contribution in [-0.4, -0.2) is 35.5 Å². The van der Waals surface area contributed by atoms with Crippen LogP contribution in [-0.2, 0) is 17.7 Å². The smallest absolute Gasteiger partial charge is 0.409 e. The Balaban J connectivity index is 1.87. The van der Waals surface area contributed by atoms with Gasteiger partial charge in [0.15, 0.2) is 0 Å². The third-order valence-electron chi connectivity index (χ3n) is 4.54. The molecule has 0 spiro atoms. The van der Waals surface area contributed by atoms with Crippen molar-refractivity contribution in [2.24, 2.45) is 0 Å². The second-order valence-electron chi connectivity index (χ2n) is 6.19. The van der Waals surface area contributed by atoms with Gasteiger partial charge in [-0.2, -0.15) is 0 Å². The summed E-state index contributed by atoms with van der Waals surface area (Å²) in [5, 5.41) is 3.01. The molecule has 25 heavy (non-hydrogen) atoms. The van der Waals surface area contributed by atoms with E-state index in [9.17, 15) is 9.59 Å². The first-order valence-corrected chi connectivity index (χ1v) is 8.17. The number of rotatable bonds is 2. The van der Waals surface area contributed by atoms with Crippen molar-refractivity contribution in [3.8, 4) is 0 Å². The van der Waals surface area contributed by atoms with Crippen LogP contribution in [0.1, 0.15) is 32.6 Å². The van der Waals surface area contributed by atoms with E-state index < -0.39 is 0 Å². The molecule has 1 N–H and O–H groups in total. The number of carbonyl (C=O) groups excluding carboxylic acids is 2. The van der Waals surface area contributed by atoms with E-state index in [1.54, 1.807) is 17.3 Å². The van der Waals surface area contributed by atoms with Crippen LogP contribution < -0.4 is 5.32 Å². The molecule has 2 heterocycles. The summed E-state index contributed by atoms with van der Waals surface area (Å²) in [6.45, 7) is 4.86. The Morgan fingerprint density at radius 2 is 1.92 bits per heavy atom. The predicted molar refractivity (Wildman–Crippen MR) is 94.6 cm³/mol. The molecule has 1 aromatic heterocycles. The van der Waals surface area contributed by atoms with Crippen molar-refractivity contribution in [2.75, 3.05) is 19.0 Å². The van der Waals surface area contributed by atoms with E-state index >= 15 is 0 Å². The Bertz CT molecular complexity index is 812. The summed E-state index contributed by atoms with van der Waals surface area (Å²) < 4.78 is 4.78. The SMILES string of the molecule is COC(=O)N1CCc2c(cncc2C(=O)Nc2c(C)cccc2C)C1. The zero-order valence-corrected chi connectivity index (χ0v) is 14.6. The molecule has 3 rings (SSSR count). The summed E-state index contributed by atoms with van der Waals surface area (Å²) in [7, 11) is 1.37. The van der Waals surface area contributed by atoms with Gasteiger partial charge in [0.25, 0.3) is 5.91 Å². The molecule has 1 aliphatic heterocycles. The van der Waals surface area contributed by atoms with Crippen molar-refractivity contribution in [1.82, 2.24) is 9.88 Å². The fraction of sp³-hybridized carbons (Fsp3) is 0.316. The maximum atomic E-state index is 12.8. The molecular formula is C19H21N3O3. The van der Waals surface area contributed by atoms with Gasteiger partial charge in [0.1, 0.15) is 0 Å². The molecule has 0 saturated carbocycles. The number of carbonyl (C=O) groups is 2. The fourth-order valence-electron chi connectivity index (χ4n) is 3.17. The largest absolute Gasteiger partial charge is 0.453 e. The number of fused-ring (bicyclic) bond motifs is 1. The molecule has 0 atom stereocenters. The van der Waals surface area contributed by atoms with E-state index in [0.717, 1.165) is 27.9 Å². The van der Waals surface area contributed by atoms with Gasteiger partial charge in [0, 0.05) is 24.6 Å². The average Bonchev–Trinajstić information content (AvgIpc) is 2.63. The number of ether oxygens (including phenoxy) is 1. The van der Waals surface area contributed by atoms with Crippen LogP contribution in [0.5, 0.6) is 0 Å². The predicted octanol–water partition coefficient (Wildman–Crippen LogP) is 3.08. The highest BCUT2D eigenvalue weighted by Gasteiger charge is 2.25. The third kappa shape index (κ3) is 3.33. The third-order valence-corrected chi connectivity index (χ3v) is 4.54. The van der Waals surface area contributed by atoms with Crippen LogP contribution in [0.4, 0.5) is 10.5 Å². The minimum Gasteiger partial charge on any atom is -0.453 e. The molecule has 0 bridgehead atoms. The molecule has 0 radical (unpaired) electrons. The van der Waals surface area contributed by atoms with Crippen LogP contribution in [0.2, 0.25) is 0 Å². The Morgan fingerprint density at radius 1 is 1.20 bits per heavy atom. The van der Waals surface area contributed by atoms with Crippen LogP contribution >= 0.6 is 0 Å². The first kappa shape index (κ1) is 17.0. The number of aromatic nitrogens is 1. The molecule has 6 nitrogen and oxygen atoms in total. The second-order valence-corrected chi connectivity index (χ2v) is 6.19. The zero-order chi connectivity index (χ0) is 18.0. The van der Waals surface area contributed by atoms with E-state index in [2.05, 4.69) is 10.3 Å². The Hall–Kier alpha value is -2.89. The lowest BCUT2D eigenvalue weighted by Crippen LogP contribution is -2.36. The molecule has 2 amide bonds. The normalized spacial score (nSPS) is 13.2. The first-order chi connectivity index (χ1) is 12.0. The van der Waals surface area contributed by atoms with E-state index in [1.807, 2.05) is 32.0 Å². The van der Waals surface area contributed by atoms with Gasteiger partial charge in [-0.15, -0.1) is 0 Å². The summed E-state index contributed by atoms with van der Waals surface area (Å²) in [6, 6.07) is 5.90. The lowest BCUT2D eigenvalue weighted by Gasteiger charge is -2.28. The Kier molecular flexibility index (Phi) is 4.70. The molecule has 0 aliphatic carbocycles. The molecule has 0 saturated heterocycles. The molecule has 130 valence electrons. The molecule has 1 aliphatic rings. The van der Waals surface area contributed by atoms with Crippen LogP contribution in [0, 0.1) is 13.8 Å². The lowest BCUT2D eigenvalue weighted by molar-refractivity contribution is 0.102. The van der Waals surface area contributed by atoms with Crippen LogP contribution in [0.15, 0.2) is 30.6 Å². The van der Waals surface area contributed by atoms with E-state index in [4.69, 9.17) is 4.74 Å². The number of para-hydroxylation sites is 1. The lowest BCUT2D eigenvalue weighted by atomic mass is 9.96.